The summed E-state index contributed by atoms with van der Waals surface area (Å²) in [5, 5.41) is 3.98. The maximum Gasteiger partial charge on any atom is 0.243 e. The van der Waals surface area contributed by atoms with E-state index < -0.39 is 10.0 Å². The van der Waals surface area contributed by atoms with Crippen molar-refractivity contribution < 1.29 is 8.42 Å². The van der Waals surface area contributed by atoms with Gasteiger partial charge in [-0.15, -0.1) is 0 Å². The summed E-state index contributed by atoms with van der Waals surface area (Å²) in [4.78, 5) is 0.201. The van der Waals surface area contributed by atoms with Crippen LogP contribution in [0.2, 0.25) is 0 Å². The van der Waals surface area contributed by atoms with Crippen molar-refractivity contribution in [1.82, 2.24) is 14.5 Å². The zero-order valence-electron chi connectivity index (χ0n) is 11.0. The first-order valence-electron chi connectivity index (χ1n) is 6.31. The van der Waals surface area contributed by atoms with Crippen molar-refractivity contribution in [2.75, 3.05) is 18.8 Å². The normalized spacial score (nSPS) is 23.9. The van der Waals surface area contributed by atoms with E-state index in [-0.39, 0.29) is 9.64 Å². The molecule has 3 N–H and O–H groups in total. The average molecular weight is 304 g/mol. The van der Waals surface area contributed by atoms with Gasteiger partial charge in [0.25, 0.3) is 0 Å². The maximum atomic E-state index is 12.1. The minimum Gasteiger partial charge on any atom is -0.329 e. The van der Waals surface area contributed by atoms with Crippen molar-refractivity contribution in [2.45, 2.75) is 36.0 Å². The molecule has 1 unspecified atom stereocenters. The van der Waals surface area contributed by atoms with E-state index in [2.05, 4.69) is 16.7 Å². The van der Waals surface area contributed by atoms with E-state index >= 15 is 0 Å². The molecule has 0 amide bonds. The number of aromatic nitrogens is 2. The van der Waals surface area contributed by atoms with E-state index in [1.54, 1.807) is 4.68 Å². The third kappa shape index (κ3) is 3.71. The SMILES string of the molecule is CC1(CNS(=O)(=O)c2cnn(CCN)c2)CCCS1. The molecule has 1 atom stereocenters. The van der Waals surface area contributed by atoms with Gasteiger partial charge in [0.15, 0.2) is 0 Å². The molecule has 1 aliphatic rings. The van der Waals surface area contributed by atoms with Crippen LogP contribution >= 0.6 is 11.8 Å². The summed E-state index contributed by atoms with van der Waals surface area (Å²) < 4.78 is 28.5. The van der Waals surface area contributed by atoms with Crippen LogP contribution in [0.4, 0.5) is 0 Å². The first-order chi connectivity index (χ1) is 8.95. The number of nitrogens with zero attached hydrogens (tertiary/aromatic N) is 2. The Kier molecular flexibility index (Phi) is 4.54. The quantitative estimate of drug-likeness (QED) is 0.794. The van der Waals surface area contributed by atoms with Gasteiger partial charge in [0.1, 0.15) is 4.90 Å². The van der Waals surface area contributed by atoms with Crippen LogP contribution in [-0.4, -0.2) is 41.8 Å². The smallest absolute Gasteiger partial charge is 0.243 e. The first-order valence-corrected chi connectivity index (χ1v) is 8.78. The monoisotopic (exact) mass is 304 g/mol. The van der Waals surface area contributed by atoms with Gasteiger partial charge in [-0.3, -0.25) is 4.68 Å². The van der Waals surface area contributed by atoms with Gasteiger partial charge in [-0.05, 0) is 25.5 Å². The van der Waals surface area contributed by atoms with Gasteiger partial charge in [-0.1, -0.05) is 0 Å². The van der Waals surface area contributed by atoms with Crippen molar-refractivity contribution >= 4 is 21.8 Å². The fourth-order valence-electron chi connectivity index (χ4n) is 2.05. The fourth-order valence-corrected chi connectivity index (χ4v) is 4.50. The summed E-state index contributed by atoms with van der Waals surface area (Å²) in [6.45, 7) is 3.51. The molecular weight excluding hydrogens is 284 g/mol. The predicted molar refractivity (Wildman–Crippen MR) is 76.6 cm³/mol. The fraction of sp³-hybridized carbons (Fsp3) is 0.727. The summed E-state index contributed by atoms with van der Waals surface area (Å²) in [5.41, 5.74) is 5.41. The van der Waals surface area contributed by atoms with Crippen LogP contribution in [0.15, 0.2) is 17.3 Å². The molecule has 1 aromatic heterocycles. The highest BCUT2D eigenvalue weighted by Crippen LogP contribution is 2.37. The van der Waals surface area contributed by atoms with Gasteiger partial charge >= 0.3 is 0 Å². The van der Waals surface area contributed by atoms with E-state index in [0.29, 0.717) is 19.6 Å². The molecule has 19 heavy (non-hydrogen) atoms. The van der Waals surface area contributed by atoms with Crippen molar-refractivity contribution in [3.05, 3.63) is 12.4 Å². The van der Waals surface area contributed by atoms with Crippen LogP contribution in [0.25, 0.3) is 0 Å². The molecule has 0 aromatic carbocycles. The lowest BCUT2D eigenvalue weighted by atomic mass is 10.1. The van der Waals surface area contributed by atoms with Crippen LogP contribution in [0.5, 0.6) is 0 Å². The number of thioether (sulfide) groups is 1. The van der Waals surface area contributed by atoms with Crippen molar-refractivity contribution in [3.8, 4) is 0 Å². The summed E-state index contributed by atoms with van der Waals surface area (Å²) in [6.07, 6.45) is 5.07. The molecule has 1 saturated heterocycles. The largest absolute Gasteiger partial charge is 0.329 e. The van der Waals surface area contributed by atoms with Gasteiger partial charge in [0.05, 0.1) is 12.7 Å². The molecule has 0 aliphatic carbocycles. The number of hydrogen-bond acceptors (Lipinski definition) is 5. The summed E-state index contributed by atoms with van der Waals surface area (Å²) in [7, 11) is -3.47. The van der Waals surface area contributed by atoms with Crippen molar-refractivity contribution in [2.24, 2.45) is 5.73 Å². The van der Waals surface area contributed by atoms with Gasteiger partial charge in [0.2, 0.25) is 10.0 Å². The van der Waals surface area contributed by atoms with Gasteiger partial charge in [-0.2, -0.15) is 16.9 Å². The van der Waals surface area contributed by atoms with E-state index in [0.717, 1.165) is 18.6 Å². The van der Waals surface area contributed by atoms with Gasteiger partial charge < -0.3 is 5.73 Å². The molecule has 2 heterocycles. The Labute approximate surface area is 118 Å². The van der Waals surface area contributed by atoms with E-state index in [1.807, 2.05) is 11.8 Å². The molecule has 1 aromatic rings. The number of sulfonamides is 1. The Balaban J connectivity index is 2.01. The Morgan fingerprint density at radius 1 is 1.63 bits per heavy atom. The highest BCUT2D eigenvalue weighted by atomic mass is 32.2. The summed E-state index contributed by atoms with van der Waals surface area (Å²) in [6, 6.07) is 0. The third-order valence-corrected chi connectivity index (χ3v) is 6.11. The first kappa shape index (κ1) is 14.8. The second kappa shape index (κ2) is 5.82. The molecule has 108 valence electrons. The minimum atomic E-state index is -3.47. The third-order valence-electron chi connectivity index (χ3n) is 3.21. The van der Waals surface area contributed by atoms with Crippen LogP contribution in [0.1, 0.15) is 19.8 Å². The van der Waals surface area contributed by atoms with Gasteiger partial charge in [0, 0.05) is 24.0 Å². The molecule has 8 heteroatoms. The lowest BCUT2D eigenvalue weighted by Crippen LogP contribution is -2.36. The summed E-state index contributed by atoms with van der Waals surface area (Å²) >= 11 is 1.83. The highest BCUT2D eigenvalue weighted by Gasteiger charge is 2.31. The molecule has 0 spiro atoms. The number of hydrogen-bond donors (Lipinski definition) is 2. The molecule has 1 aliphatic heterocycles. The zero-order valence-corrected chi connectivity index (χ0v) is 12.6. The van der Waals surface area contributed by atoms with E-state index in [1.165, 1.54) is 12.4 Å². The van der Waals surface area contributed by atoms with Crippen molar-refractivity contribution in [1.29, 1.82) is 0 Å². The van der Waals surface area contributed by atoms with Crippen LogP contribution < -0.4 is 10.5 Å². The predicted octanol–water partition coefficient (Wildman–Crippen LogP) is 0.406. The Morgan fingerprint density at radius 3 is 3.05 bits per heavy atom. The van der Waals surface area contributed by atoms with Gasteiger partial charge in [-0.25, -0.2) is 13.1 Å². The second-order valence-electron chi connectivity index (χ2n) is 4.95. The Bertz CT molecular complexity index is 521. The minimum absolute atomic E-state index is 0.0142. The Hall–Kier alpha value is -0.570. The number of rotatable bonds is 6. The highest BCUT2D eigenvalue weighted by molar-refractivity contribution is 8.01. The van der Waals surface area contributed by atoms with Crippen LogP contribution in [-0.2, 0) is 16.6 Å². The molecular formula is C11H20N4O2S2. The molecule has 2 rings (SSSR count). The molecule has 0 radical (unpaired) electrons. The molecule has 1 fully saturated rings. The zero-order chi connectivity index (χ0) is 13.9. The average Bonchev–Trinajstić information content (AvgIpc) is 2.98. The van der Waals surface area contributed by atoms with E-state index in [9.17, 15) is 8.42 Å². The lowest BCUT2D eigenvalue weighted by molar-refractivity contribution is 0.552. The lowest BCUT2D eigenvalue weighted by Gasteiger charge is -2.22. The van der Waals surface area contributed by atoms with Crippen LogP contribution in [0.3, 0.4) is 0 Å². The molecule has 6 nitrogen and oxygen atoms in total. The number of nitrogens with two attached hydrogens (primary N) is 1. The maximum absolute atomic E-state index is 12.1. The Morgan fingerprint density at radius 2 is 2.42 bits per heavy atom. The molecule has 0 saturated carbocycles. The van der Waals surface area contributed by atoms with Crippen LogP contribution in [0, 0.1) is 0 Å². The molecule has 0 bridgehead atoms. The standard InChI is InChI=1S/C11H20N4O2S2/c1-11(3-2-6-18-11)9-14-19(16,17)10-7-13-15(8-10)5-4-12/h7-8,14H,2-6,9,12H2,1H3. The van der Waals surface area contributed by atoms with E-state index in [4.69, 9.17) is 5.73 Å². The number of nitrogens with one attached hydrogen (secondary N) is 1. The topological polar surface area (TPSA) is 90.0 Å². The summed E-state index contributed by atoms with van der Waals surface area (Å²) in [5.74, 6) is 1.10. The second-order valence-corrected chi connectivity index (χ2v) is 8.40. The van der Waals surface area contributed by atoms with Crippen molar-refractivity contribution in [3.63, 3.8) is 0 Å².